The molecule has 5 heteroatoms. The van der Waals surface area contributed by atoms with E-state index in [0.29, 0.717) is 5.57 Å². The molecule has 0 bridgehead atoms. The molecule has 0 unspecified atom stereocenters. The van der Waals surface area contributed by atoms with Gasteiger partial charge in [-0.25, -0.2) is 0 Å². The van der Waals surface area contributed by atoms with Crippen molar-refractivity contribution in [1.29, 1.82) is 0 Å². The van der Waals surface area contributed by atoms with Crippen LogP contribution in [-0.2, 0) is 0 Å². The zero-order valence-corrected chi connectivity index (χ0v) is 8.39. The van der Waals surface area contributed by atoms with Crippen LogP contribution in [0, 0.1) is 10.1 Å². The van der Waals surface area contributed by atoms with Gasteiger partial charge < -0.3 is 0 Å². The Bertz CT molecular complexity index is 557. The fraction of sp³-hybridized carbons (Fsp3) is 0.0909. The Hall–Kier alpha value is -2.30. The van der Waals surface area contributed by atoms with Crippen LogP contribution >= 0.6 is 0 Å². The molecule has 0 aromatic heterocycles. The molecule has 0 spiro atoms. The van der Waals surface area contributed by atoms with Crippen molar-refractivity contribution < 1.29 is 14.5 Å². The molecule has 0 atom stereocenters. The Kier molecular flexibility index (Phi) is 2.16. The normalized spacial score (nSPS) is 14.4. The van der Waals surface area contributed by atoms with E-state index in [1.54, 1.807) is 0 Å². The lowest BCUT2D eigenvalue weighted by Crippen LogP contribution is -2.17. The molecule has 0 heterocycles. The van der Waals surface area contributed by atoms with E-state index in [-0.39, 0.29) is 22.6 Å². The van der Waals surface area contributed by atoms with Gasteiger partial charge in [0, 0.05) is 17.2 Å². The van der Waals surface area contributed by atoms with Crippen LogP contribution in [0.4, 0.5) is 5.69 Å². The van der Waals surface area contributed by atoms with Gasteiger partial charge in [0.05, 0.1) is 4.92 Å². The third-order valence-electron chi connectivity index (χ3n) is 2.44. The number of hydrogen-bond acceptors (Lipinski definition) is 4. The number of hydrogen-bond donors (Lipinski definition) is 0. The number of carbonyl (C=O) groups is 2. The molecule has 0 fully saturated rings. The van der Waals surface area contributed by atoms with Crippen molar-refractivity contribution in [3.8, 4) is 0 Å². The van der Waals surface area contributed by atoms with E-state index in [0.717, 1.165) is 6.08 Å². The minimum absolute atomic E-state index is 0.108. The lowest BCUT2D eigenvalue weighted by molar-refractivity contribution is -0.385. The highest BCUT2D eigenvalue weighted by atomic mass is 16.6. The number of rotatable bonds is 1. The van der Waals surface area contributed by atoms with Gasteiger partial charge in [-0.3, -0.25) is 19.7 Å². The van der Waals surface area contributed by atoms with Crippen molar-refractivity contribution in [1.82, 2.24) is 0 Å². The van der Waals surface area contributed by atoms with Gasteiger partial charge in [-0.2, -0.15) is 0 Å². The molecule has 1 aliphatic rings. The molecule has 5 nitrogen and oxygen atoms in total. The van der Waals surface area contributed by atoms with Gasteiger partial charge in [-0.1, -0.05) is 6.07 Å². The number of nitro groups is 1. The van der Waals surface area contributed by atoms with Gasteiger partial charge >= 0.3 is 0 Å². The van der Waals surface area contributed by atoms with E-state index in [4.69, 9.17) is 0 Å². The molecule has 1 aromatic rings. The van der Waals surface area contributed by atoms with Gasteiger partial charge in [-0.15, -0.1) is 0 Å². The average Bonchev–Trinajstić information content (AvgIpc) is 2.25. The molecular formula is C11H7NO4. The number of carbonyl (C=O) groups excluding carboxylic acids is 2. The summed E-state index contributed by atoms with van der Waals surface area (Å²) in [6.45, 7) is 1.52. The zero-order valence-electron chi connectivity index (χ0n) is 8.39. The summed E-state index contributed by atoms with van der Waals surface area (Å²) in [5.41, 5.74) is -0.0140. The Labute approximate surface area is 90.5 Å². The summed E-state index contributed by atoms with van der Waals surface area (Å²) in [5, 5.41) is 10.7. The second-order valence-corrected chi connectivity index (χ2v) is 3.48. The van der Waals surface area contributed by atoms with Crippen molar-refractivity contribution in [2.45, 2.75) is 6.92 Å². The van der Waals surface area contributed by atoms with E-state index in [1.165, 1.54) is 25.1 Å². The lowest BCUT2D eigenvalue weighted by Gasteiger charge is -2.11. The van der Waals surface area contributed by atoms with E-state index < -0.39 is 10.7 Å². The van der Waals surface area contributed by atoms with Crippen LogP contribution in [0.15, 0.2) is 29.8 Å². The monoisotopic (exact) mass is 217 g/mol. The third-order valence-corrected chi connectivity index (χ3v) is 2.44. The number of nitrogens with zero attached hydrogens (tertiary/aromatic N) is 1. The van der Waals surface area contributed by atoms with Crippen LogP contribution in [0.25, 0.3) is 0 Å². The van der Waals surface area contributed by atoms with Gasteiger partial charge in [-0.05, 0) is 19.1 Å². The summed E-state index contributed by atoms with van der Waals surface area (Å²) >= 11 is 0. The zero-order chi connectivity index (χ0) is 11.9. The van der Waals surface area contributed by atoms with Crippen LogP contribution in [0.3, 0.4) is 0 Å². The average molecular weight is 217 g/mol. The molecule has 1 aromatic carbocycles. The van der Waals surface area contributed by atoms with Crippen molar-refractivity contribution >= 4 is 17.3 Å². The molecule has 80 valence electrons. The van der Waals surface area contributed by atoms with Crippen molar-refractivity contribution in [2.75, 3.05) is 0 Å². The van der Waals surface area contributed by atoms with Crippen molar-refractivity contribution in [3.05, 3.63) is 51.1 Å². The van der Waals surface area contributed by atoms with E-state index in [9.17, 15) is 19.7 Å². The highest BCUT2D eigenvalue weighted by Crippen LogP contribution is 2.28. The molecule has 16 heavy (non-hydrogen) atoms. The SMILES string of the molecule is CC1=CC(=O)c2c(cccc2[N+](=O)[O-])C1=O. The second kappa shape index (κ2) is 3.37. The van der Waals surface area contributed by atoms with Crippen LogP contribution in [0.5, 0.6) is 0 Å². The maximum Gasteiger partial charge on any atom is 0.281 e. The Morgan fingerprint density at radius 2 is 1.94 bits per heavy atom. The predicted octanol–water partition coefficient (Wildman–Crippen LogP) is 1.92. The van der Waals surface area contributed by atoms with Gasteiger partial charge in [0.25, 0.3) is 5.69 Å². The summed E-state index contributed by atoms with van der Waals surface area (Å²) in [4.78, 5) is 33.4. The molecule has 0 saturated heterocycles. The predicted molar refractivity (Wildman–Crippen MR) is 55.5 cm³/mol. The molecule has 1 aliphatic carbocycles. The van der Waals surface area contributed by atoms with E-state index in [1.807, 2.05) is 0 Å². The largest absolute Gasteiger partial charge is 0.289 e. The van der Waals surface area contributed by atoms with Crippen molar-refractivity contribution in [3.63, 3.8) is 0 Å². The summed E-state index contributed by atoms with van der Waals surface area (Å²) in [6.07, 6.45) is 1.14. The summed E-state index contributed by atoms with van der Waals surface area (Å²) < 4.78 is 0. The maximum atomic E-state index is 11.7. The number of ketones is 2. The fourth-order valence-electron chi connectivity index (χ4n) is 1.69. The number of nitro benzene ring substituents is 1. The first-order chi connectivity index (χ1) is 7.52. The number of Topliss-reactive ketones (excluding diaryl/α,β-unsaturated/α-hetero) is 1. The number of allylic oxidation sites excluding steroid dienone is 2. The molecule has 2 rings (SSSR count). The quantitative estimate of drug-likeness (QED) is 0.531. The van der Waals surface area contributed by atoms with E-state index in [2.05, 4.69) is 0 Å². The smallest absolute Gasteiger partial charge is 0.281 e. The minimum Gasteiger partial charge on any atom is -0.289 e. The summed E-state index contributed by atoms with van der Waals surface area (Å²) in [5.74, 6) is -0.822. The highest BCUT2D eigenvalue weighted by molar-refractivity contribution is 6.25. The first kappa shape index (κ1) is 10.2. The number of benzene rings is 1. The Balaban J connectivity index is 2.76. The first-order valence-electron chi connectivity index (χ1n) is 4.57. The Morgan fingerprint density at radius 3 is 2.56 bits per heavy atom. The molecule has 0 aliphatic heterocycles. The maximum absolute atomic E-state index is 11.7. The molecule has 0 radical (unpaired) electrons. The van der Waals surface area contributed by atoms with Crippen LogP contribution < -0.4 is 0 Å². The molecule has 0 N–H and O–H groups in total. The van der Waals surface area contributed by atoms with Crippen LogP contribution in [0.1, 0.15) is 27.6 Å². The standard InChI is InChI=1S/C11H7NO4/c1-6-5-9(13)10-7(11(6)14)3-2-4-8(10)12(15)16/h2-5H,1H3. The molecule has 0 amide bonds. The molecular weight excluding hydrogens is 210 g/mol. The fourth-order valence-corrected chi connectivity index (χ4v) is 1.69. The Morgan fingerprint density at radius 1 is 1.25 bits per heavy atom. The summed E-state index contributed by atoms with van der Waals surface area (Å²) in [7, 11) is 0. The van der Waals surface area contributed by atoms with E-state index >= 15 is 0 Å². The second-order valence-electron chi connectivity index (χ2n) is 3.48. The van der Waals surface area contributed by atoms with Crippen LogP contribution in [-0.4, -0.2) is 16.5 Å². The van der Waals surface area contributed by atoms with Crippen molar-refractivity contribution in [2.24, 2.45) is 0 Å². The third kappa shape index (κ3) is 1.33. The highest BCUT2D eigenvalue weighted by Gasteiger charge is 2.30. The lowest BCUT2D eigenvalue weighted by atomic mass is 9.89. The van der Waals surface area contributed by atoms with Gasteiger partial charge in [0.15, 0.2) is 11.6 Å². The number of fused-ring (bicyclic) bond motifs is 1. The summed E-state index contributed by atoms with van der Waals surface area (Å²) in [6, 6.07) is 4.05. The van der Waals surface area contributed by atoms with Gasteiger partial charge in [0.1, 0.15) is 5.56 Å². The molecule has 0 saturated carbocycles. The topological polar surface area (TPSA) is 77.3 Å². The first-order valence-corrected chi connectivity index (χ1v) is 4.57. The van der Waals surface area contributed by atoms with Gasteiger partial charge in [0.2, 0.25) is 0 Å². The van der Waals surface area contributed by atoms with Crippen LogP contribution in [0.2, 0.25) is 0 Å². The minimum atomic E-state index is -0.654.